The van der Waals surface area contributed by atoms with Gasteiger partial charge in [0.05, 0.1) is 18.1 Å². The Morgan fingerprint density at radius 3 is 2.73 bits per heavy atom. The van der Waals surface area contributed by atoms with E-state index in [1.54, 1.807) is 30.0 Å². The molecule has 1 atom stereocenters. The summed E-state index contributed by atoms with van der Waals surface area (Å²) >= 11 is 6.09. The van der Waals surface area contributed by atoms with E-state index in [0.29, 0.717) is 49.9 Å². The van der Waals surface area contributed by atoms with E-state index in [1.807, 2.05) is 0 Å². The third kappa shape index (κ3) is 4.14. The predicted molar refractivity (Wildman–Crippen MR) is 98.9 cm³/mol. The van der Waals surface area contributed by atoms with Crippen molar-refractivity contribution >= 4 is 27.7 Å². The first kappa shape index (κ1) is 19.4. The highest BCUT2D eigenvalue weighted by Crippen LogP contribution is 2.27. The van der Waals surface area contributed by atoms with Crippen molar-refractivity contribution in [1.29, 1.82) is 0 Å². The van der Waals surface area contributed by atoms with Crippen LogP contribution in [0.5, 0.6) is 0 Å². The molecule has 2 saturated heterocycles. The zero-order valence-corrected chi connectivity index (χ0v) is 16.4. The van der Waals surface area contributed by atoms with E-state index in [1.165, 1.54) is 4.31 Å². The molecule has 1 aromatic carbocycles. The van der Waals surface area contributed by atoms with Gasteiger partial charge in [-0.05, 0) is 37.5 Å². The Morgan fingerprint density at radius 1 is 1.27 bits per heavy atom. The van der Waals surface area contributed by atoms with Crippen LogP contribution in [-0.4, -0.2) is 69.1 Å². The average Bonchev–Trinajstić information content (AvgIpc) is 2.65. The van der Waals surface area contributed by atoms with E-state index in [9.17, 15) is 13.2 Å². The van der Waals surface area contributed by atoms with E-state index in [0.717, 1.165) is 6.42 Å². The van der Waals surface area contributed by atoms with Crippen molar-refractivity contribution in [3.63, 3.8) is 0 Å². The normalized spacial score (nSPS) is 22.2. The fourth-order valence-corrected chi connectivity index (χ4v) is 5.32. The van der Waals surface area contributed by atoms with Crippen molar-refractivity contribution in [2.75, 3.05) is 39.4 Å². The molecule has 0 saturated carbocycles. The highest BCUT2D eigenvalue weighted by molar-refractivity contribution is 7.89. The molecular formula is C17H24ClN3O4S. The lowest BCUT2D eigenvalue weighted by Crippen LogP contribution is -2.54. The molecule has 2 fully saturated rings. The monoisotopic (exact) mass is 401 g/mol. The minimum Gasteiger partial charge on any atom is -0.378 e. The van der Waals surface area contributed by atoms with Crippen LogP contribution in [0.1, 0.15) is 18.4 Å². The summed E-state index contributed by atoms with van der Waals surface area (Å²) in [5.74, 6) is 0. The van der Waals surface area contributed by atoms with Crippen LogP contribution < -0.4 is 5.32 Å². The summed E-state index contributed by atoms with van der Waals surface area (Å²) in [5.41, 5.74) is 0.550. The number of carbonyl (C=O) groups is 1. The highest BCUT2D eigenvalue weighted by Gasteiger charge is 2.32. The molecule has 0 aromatic heterocycles. The number of hydrogen-bond acceptors (Lipinski definition) is 4. The van der Waals surface area contributed by atoms with Gasteiger partial charge in [0.25, 0.3) is 0 Å². The fraction of sp³-hybridized carbons (Fsp3) is 0.588. The molecule has 3 rings (SSSR count). The number of nitrogens with one attached hydrogen (secondary N) is 1. The summed E-state index contributed by atoms with van der Waals surface area (Å²) in [6.07, 6.45) is 1.46. The minimum absolute atomic E-state index is 0.156. The second-order valence-electron chi connectivity index (χ2n) is 6.61. The van der Waals surface area contributed by atoms with Gasteiger partial charge in [0.1, 0.15) is 0 Å². The van der Waals surface area contributed by atoms with E-state index in [4.69, 9.17) is 16.3 Å². The van der Waals surface area contributed by atoms with E-state index in [2.05, 4.69) is 5.32 Å². The van der Waals surface area contributed by atoms with E-state index < -0.39 is 10.0 Å². The Balaban J connectivity index is 1.69. The third-order valence-electron chi connectivity index (χ3n) is 4.85. The maximum atomic E-state index is 13.0. The van der Waals surface area contributed by atoms with Crippen LogP contribution in [0.3, 0.4) is 0 Å². The lowest BCUT2D eigenvalue weighted by molar-refractivity contribution is 0.0519. The number of piperidine rings is 1. The molecule has 1 unspecified atom stereocenters. The zero-order chi connectivity index (χ0) is 18.7. The molecule has 9 heteroatoms. The smallest absolute Gasteiger partial charge is 0.317 e. The van der Waals surface area contributed by atoms with Gasteiger partial charge >= 0.3 is 6.03 Å². The van der Waals surface area contributed by atoms with E-state index in [-0.39, 0.29) is 23.5 Å². The number of benzene rings is 1. The van der Waals surface area contributed by atoms with Crippen LogP contribution in [0, 0.1) is 6.92 Å². The number of hydrogen-bond donors (Lipinski definition) is 1. The maximum absolute atomic E-state index is 13.0. The molecule has 2 aliphatic heterocycles. The van der Waals surface area contributed by atoms with Crippen LogP contribution >= 0.6 is 11.6 Å². The fourth-order valence-electron chi connectivity index (χ4n) is 3.32. The maximum Gasteiger partial charge on any atom is 0.317 e. The molecule has 0 bridgehead atoms. The Kier molecular flexibility index (Phi) is 6.06. The molecule has 144 valence electrons. The van der Waals surface area contributed by atoms with Gasteiger partial charge in [0.2, 0.25) is 10.0 Å². The van der Waals surface area contributed by atoms with Gasteiger partial charge in [-0.25, -0.2) is 13.2 Å². The highest BCUT2D eigenvalue weighted by atomic mass is 35.5. The van der Waals surface area contributed by atoms with Crippen molar-refractivity contribution in [1.82, 2.24) is 14.5 Å². The van der Waals surface area contributed by atoms with Gasteiger partial charge < -0.3 is 15.0 Å². The first-order chi connectivity index (χ1) is 12.4. The number of halogens is 1. The molecule has 26 heavy (non-hydrogen) atoms. The Morgan fingerprint density at radius 2 is 2.00 bits per heavy atom. The summed E-state index contributed by atoms with van der Waals surface area (Å²) in [7, 11) is -3.64. The zero-order valence-electron chi connectivity index (χ0n) is 14.8. The summed E-state index contributed by atoms with van der Waals surface area (Å²) in [4.78, 5) is 14.3. The predicted octanol–water partition coefficient (Wildman–Crippen LogP) is 1.84. The summed E-state index contributed by atoms with van der Waals surface area (Å²) in [6, 6.07) is 4.54. The van der Waals surface area contributed by atoms with Gasteiger partial charge in [0.15, 0.2) is 0 Å². The van der Waals surface area contributed by atoms with E-state index >= 15 is 0 Å². The third-order valence-corrected chi connectivity index (χ3v) is 7.26. The lowest BCUT2D eigenvalue weighted by atomic mass is 10.1. The number of rotatable bonds is 3. The molecule has 2 aliphatic rings. The van der Waals surface area contributed by atoms with Crippen molar-refractivity contribution in [2.45, 2.75) is 30.7 Å². The molecule has 0 spiro atoms. The second kappa shape index (κ2) is 8.12. The SMILES string of the molecule is Cc1c(Cl)cccc1S(=O)(=O)N1CCCC(NC(=O)N2CCOCC2)C1. The summed E-state index contributed by atoms with van der Waals surface area (Å²) in [6.45, 7) is 4.60. The first-order valence-corrected chi connectivity index (χ1v) is 10.6. The molecule has 7 nitrogen and oxygen atoms in total. The Hall–Kier alpha value is -1.35. The van der Waals surface area contributed by atoms with Crippen molar-refractivity contribution < 1.29 is 17.9 Å². The molecular weight excluding hydrogens is 378 g/mol. The number of morpholine rings is 1. The Bertz CT molecular complexity index is 765. The summed E-state index contributed by atoms with van der Waals surface area (Å²) < 4.78 is 32.7. The summed E-state index contributed by atoms with van der Waals surface area (Å²) in [5, 5.41) is 3.40. The molecule has 1 N–H and O–H groups in total. The van der Waals surface area contributed by atoms with Crippen LogP contribution in [-0.2, 0) is 14.8 Å². The molecule has 2 heterocycles. The average molecular weight is 402 g/mol. The van der Waals surface area contributed by atoms with Gasteiger partial charge in [-0.3, -0.25) is 0 Å². The Labute approximate surface area is 159 Å². The van der Waals surface area contributed by atoms with Crippen molar-refractivity contribution in [3.8, 4) is 0 Å². The van der Waals surface area contributed by atoms with Crippen LogP contribution in [0.2, 0.25) is 5.02 Å². The molecule has 0 aliphatic carbocycles. The van der Waals surface area contributed by atoms with Crippen LogP contribution in [0.4, 0.5) is 4.79 Å². The first-order valence-electron chi connectivity index (χ1n) is 8.78. The van der Waals surface area contributed by atoms with Crippen molar-refractivity contribution in [3.05, 3.63) is 28.8 Å². The lowest BCUT2D eigenvalue weighted by Gasteiger charge is -2.35. The number of ether oxygens (including phenoxy) is 1. The van der Waals surface area contributed by atoms with Crippen molar-refractivity contribution in [2.24, 2.45) is 0 Å². The van der Waals surface area contributed by atoms with Gasteiger partial charge in [0, 0.05) is 37.2 Å². The minimum atomic E-state index is -3.64. The van der Waals surface area contributed by atoms with Gasteiger partial charge in [-0.15, -0.1) is 0 Å². The number of urea groups is 1. The molecule has 1 aromatic rings. The standard InChI is InChI=1S/C17H24ClN3O4S/c1-13-15(18)5-2-6-16(13)26(23,24)21-7-3-4-14(12-21)19-17(22)20-8-10-25-11-9-20/h2,5-6,14H,3-4,7-12H2,1H3,(H,19,22). The number of amides is 2. The largest absolute Gasteiger partial charge is 0.378 e. The van der Waals surface area contributed by atoms with Crippen LogP contribution in [0.15, 0.2) is 23.1 Å². The van der Waals surface area contributed by atoms with Crippen LogP contribution in [0.25, 0.3) is 0 Å². The topological polar surface area (TPSA) is 79.0 Å². The second-order valence-corrected chi connectivity index (χ2v) is 8.93. The number of nitrogens with zero attached hydrogens (tertiary/aromatic N) is 2. The number of carbonyl (C=O) groups excluding carboxylic acids is 1. The number of sulfonamides is 1. The van der Waals surface area contributed by atoms with Gasteiger partial charge in [-0.1, -0.05) is 17.7 Å². The van der Waals surface area contributed by atoms with Gasteiger partial charge in [-0.2, -0.15) is 4.31 Å². The molecule has 0 radical (unpaired) electrons. The molecule has 2 amide bonds. The quantitative estimate of drug-likeness (QED) is 0.838.